The van der Waals surface area contributed by atoms with Crippen LogP contribution in [0.1, 0.15) is 52.9 Å². The zero-order chi connectivity index (χ0) is 15.1. The van der Waals surface area contributed by atoms with E-state index < -0.39 is 6.03 Å². The van der Waals surface area contributed by atoms with Gasteiger partial charge in [-0.15, -0.1) is 0 Å². The highest BCUT2D eigenvalue weighted by atomic mass is 16.2. The summed E-state index contributed by atoms with van der Waals surface area (Å²) in [6.45, 7) is 6.31. The second-order valence-corrected chi connectivity index (χ2v) is 6.23. The Morgan fingerprint density at radius 2 is 1.90 bits per heavy atom. The molecule has 0 aromatic carbocycles. The van der Waals surface area contributed by atoms with Crippen molar-refractivity contribution in [3.63, 3.8) is 0 Å². The molecular formula is C15H29N3O2. The van der Waals surface area contributed by atoms with Crippen LogP contribution in [0, 0.1) is 11.8 Å². The minimum atomic E-state index is -0.452. The van der Waals surface area contributed by atoms with Crippen LogP contribution in [-0.4, -0.2) is 31.1 Å². The van der Waals surface area contributed by atoms with E-state index in [9.17, 15) is 9.59 Å². The standard InChI is InChI=1S/C15H29N3O2/c1-10(2)8-9-12-6-5-7-13(12)17-11(3)14(19)18-15(20)16-4/h10-13,17H,5-9H2,1-4H3,(H2,16,18,19,20)/t11-,12+,13-/m0/s1. The van der Waals surface area contributed by atoms with Gasteiger partial charge >= 0.3 is 6.03 Å². The van der Waals surface area contributed by atoms with Crippen molar-refractivity contribution in [3.8, 4) is 0 Å². The zero-order valence-corrected chi connectivity index (χ0v) is 13.2. The molecule has 0 bridgehead atoms. The summed E-state index contributed by atoms with van der Waals surface area (Å²) in [6.07, 6.45) is 6.06. The highest BCUT2D eigenvalue weighted by molar-refractivity contribution is 5.96. The number of hydrogen-bond acceptors (Lipinski definition) is 3. The first-order chi connectivity index (χ1) is 9.43. The van der Waals surface area contributed by atoms with E-state index in [1.54, 1.807) is 0 Å². The van der Waals surface area contributed by atoms with Crippen LogP contribution >= 0.6 is 0 Å². The molecule has 0 aromatic heterocycles. The second kappa shape index (κ2) is 8.25. The maximum atomic E-state index is 11.8. The fourth-order valence-electron chi connectivity index (χ4n) is 2.83. The van der Waals surface area contributed by atoms with Gasteiger partial charge < -0.3 is 10.6 Å². The summed E-state index contributed by atoms with van der Waals surface area (Å²) in [6, 6.07) is -0.387. The molecule has 1 rings (SSSR count). The first-order valence-corrected chi connectivity index (χ1v) is 7.72. The quantitative estimate of drug-likeness (QED) is 0.698. The van der Waals surface area contributed by atoms with Gasteiger partial charge in [0.15, 0.2) is 0 Å². The summed E-state index contributed by atoms with van der Waals surface area (Å²) in [4.78, 5) is 23.0. The average Bonchev–Trinajstić information content (AvgIpc) is 2.83. The normalized spacial score (nSPS) is 23.6. The lowest BCUT2D eigenvalue weighted by Gasteiger charge is -2.25. The number of imide groups is 1. The third-order valence-electron chi connectivity index (χ3n) is 4.10. The predicted molar refractivity (Wildman–Crippen MR) is 80.4 cm³/mol. The highest BCUT2D eigenvalue weighted by Gasteiger charge is 2.29. The van der Waals surface area contributed by atoms with Crippen LogP contribution in [0.15, 0.2) is 0 Å². The van der Waals surface area contributed by atoms with Gasteiger partial charge in [0.1, 0.15) is 0 Å². The van der Waals surface area contributed by atoms with Gasteiger partial charge in [0.25, 0.3) is 0 Å². The lowest BCUT2D eigenvalue weighted by Crippen LogP contribution is -2.50. The molecule has 3 atom stereocenters. The third kappa shape index (κ3) is 5.49. The zero-order valence-electron chi connectivity index (χ0n) is 13.2. The lowest BCUT2D eigenvalue weighted by atomic mass is 9.93. The maximum Gasteiger partial charge on any atom is 0.321 e. The Kier molecular flexibility index (Phi) is 6.99. The molecule has 0 heterocycles. The van der Waals surface area contributed by atoms with Crippen molar-refractivity contribution in [2.45, 2.75) is 65.0 Å². The molecule has 3 N–H and O–H groups in total. The summed E-state index contributed by atoms with van der Waals surface area (Å²) >= 11 is 0. The van der Waals surface area contributed by atoms with Crippen molar-refractivity contribution in [3.05, 3.63) is 0 Å². The molecule has 0 aliphatic heterocycles. The second-order valence-electron chi connectivity index (χ2n) is 6.23. The smallest absolute Gasteiger partial charge is 0.321 e. The topological polar surface area (TPSA) is 70.2 Å². The Labute approximate surface area is 122 Å². The molecular weight excluding hydrogens is 254 g/mol. The molecule has 1 aliphatic carbocycles. The molecule has 0 unspecified atom stereocenters. The summed E-state index contributed by atoms with van der Waals surface area (Å²) in [5, 5.41) is 8.09. The van der Waals surface area contributed by atoms with Crippen molar-refractivity contribution in [2.24, 2.45) is 11.8 Å². The highest BCUT2D eigenvalue weighted by Crippen LogP contribution is 2.30. The summed E-state index contributed by atoms with van der Waals surface area (Å²) in [7, 11) is 1.50. The lowest BCUT2D eigenvalue weighted by molar-refractivity contribution is -0.121. The molecule has 0 aromatic rings. The Balaban J connectivity index is 2.41. The van der Waals surface area contributed by atoms with E-state index in [4.69, 9.17) is 0 Å². The van der Waals surface area contributed by atoms with Crippen LogP contribution < -0.4 is 16.0 Å². The molecule has 1 fully saturated rings. The number of hydrogen-bond donors (Lipinski definition) is 3. The van der Waals surface area contributed by atoms with E-state index in [0.29, 0.717) is 12.0 Å². The molecule has 116 valence electrons. The summed E-state index contributed by atoms with van der Waals surface area (Å²) in [5.41, 5.74) is 0. The van der Waals surface area contributed by atoms with Crippen molar-refractivity contribution in [1.82, 2.24) is 16.0 Å². The van der Waals surface area contributed by atoms with E-state index in [1.165, 1.54) is 32.7 Å². The Hall–Kier alpha value is -1.10. The number of nitrogens with one attached hydrogen (secondary N) is 3. The number of rotatable bonds is 6. The number of carbonyl (C=O) groups is 2. The van der Waals surface area contributed by atoms with E-state index in [1.807, 2.05) is 6.92 Å². The van der Waals surface area contributed by atoms with Gasteiger partial charge in [-0.1, -0.05) is 26.7 Å². The summed E-state index contributed by atoms with van der Waals surface area (Å²) in [5.74, 6) is 1.12. The molecule has 1 aliphatic rings. The molecule has 5 heteroatoms. The van der Waals surface area contributed by atoms with E-state index >= 15 is 0 Å². The third-order valence-corrected chi connectivity index (χ3v) is 4.10. The van der Waals surface area contributed by atoms with Gasteiger partial charge in [-0.3, -0.25) is 10.1 Å². The maximum absolute atomic E-state index is 11.8. The number of urea groups is 1. The van der Waals surface area contributed by atoms with Gasteiger partial charge in [-0.05, 0) is 38.0 Å². The van der Waals surface area contributed by atoms with Crippen LogP contribution in [-0.2, 0) is 4.79 Å². The Morgan fingerprint density at radius 1 is 1.20 bits per heavy atom. The van der Waals surface area contributed by atoms with Gasteiger partial charge in [-0.2, -0.15) is 0 Å². The Bertz CT molecular complexity index is 331. The minimum Gasteiger partial charge on any atom is -0.341 e. The van der Waals surface area contributed by atoms with Crippen molar-refractivity contribution in [2.75, 3.05) is 7.05 Å². The largest absolute Gasteiger partial charge is 0.341 e. The van der Waals surface area contributed by atoms with E-state index in [-0.39, 0.29) is 11.9 Å². The van der Waals surface area contributed by atoms with E-state index in [0.717, 1.165) is 12.3 Å². The summed E-state index contributed by atoms with van der Waals surface area (Å²) < 4.78 is 0. The van der Waals surface area contributed by atoms with Gasteiger partial charge in [0, 0.05) is 13.1 Å². The fourth-order valence-corrected chi connectivity index (χ4v) is 2.83. The van der Waals surface area contributed by atoms with E-state index in [2.05, 4.69) is 29.8 Å². The van der Waals surface area contributed by atoms with Crippen LogP contribution in [0.3, 0.4) is 0 Å². The fraction of sp³-hybridized carbons (Fsp3) is 0.867. The number of amides is 3. The van der Waals surface area contributed by atoms with Crippen molar-refractivity contribution >= 4 is 11.9 Å². The molecule has 1 saturated carbocycles. The predicted octanol–water partition coefficient (Wildman–Crippen LogP) is 2.02. The molecule has 0 saturated heterocycles. The van der Waals surface area contributed by atoms with Gasteiger partial charge in [0.2, 0.25) is 5.91 Å². The first kappa shape index (κ1) is 17.0. The van der Waals surface area contributed by atoms with Crippen LogP contribution in [0.4, 0.5) is 4.79 Å². The molecule has 5 nitrogen and oxygen atoms in total. The number of carbonyl (C=O) groups excluding carboxylic acids is 2. The van der Waals surface area contributed by atoms with Crippen LogP contribution in [0.5, 0.6) is 0 Å². The molecule has 0 spiro atoms. The van der Waals surface area contributed by atoms with Crippen molar-refractivity contribution in [1.29, 1.82) is 0 Å². The minimum absolute atomic E-state index is 0.265. The molecule has 3 amide bonds. The first-order valence-electron chi connectivity index (χ1n) is 7.72. The van der Waals surface area contributed by atoms with Gasteiger partial charge in [0.05, 0.1) is 6.04 Å². The monoisotopic (exact) mass is 283 g/mol. The van der Waals surface area contributed by atoms with Crippen LogP contribution in [0.2, 0.25) is 0 Å². The SMILES string of the molecule is CNC(=O)NC(=O)[C@H](C)N[C@H]1CCC[C@@H]1CCC(C)C. The van der Waals surface area contributed by atoms with Gasteiger partial charge in [-0.25, -0.2) is 4.79 Å². The van der Waals surface area contributed by atoms with Crippen molar-refractivity contribution < 1.29 is 9.59 Å². The molecule has 20 heavy (non-hydrogen) atoms. The average molecular weight is 283 g/mol. The Morgan fingerprint density at radius 3 is 2.50 bits per heavy atom. The molecule has 0 radical (unpaired) electrons. The van der Waals surface area contributed by atoms with Crippen LogP contribution in [0.25, 0.3) is 0 Å².